The van der Waals surface area contributed by atoms with Crippen LogP contribution in [0.1, 0.15) is 75.3 Å². The van der Waals surface area contributed by atoms with Crippen molar-refractivity contribution >= 4 is 89.7 Å². The number of hydrogen-bond acceptors (Lipinski definition) is 11. The van der Waals surface area contributed by atoms with Crippen LogP contribution in [0, 0.1) is 17.8 Å². The summed E-state index contributed by atoms with van der Waals surface area (Å²) in [7, 11) is 4.07. The van der Waals surface area contributed by atoms with Gasteiger partial charge in [0.25, 0.3) is 0 Å². The van der Waals surface area contributed by atoms with E-state index in [9.17, 15) is 19.2 Å². The molecule has 1 unspecified atom stereocenters. The minimum Gasteiger partial charge on any atom is -0.466 e. The molecule has 57 heavy (non-hydrogen) atoms. The van der Waals surface area contributed by atoms with E-state index in [1.165, 1.54) is 50.9 Å². The van der Waals surface area contributed by atoms with Crippen molar-refractivity contribution < 1.29 is 33.4 Å². The molecule has 0 saturated heterocycles. The Bertz CT molecular complexity index is 2520. The molecule has 2 aromatic carbocycles. The van der Waals surface area contributed by atoms with Crippen LogP contribution in [0.15, 0.2) is 92.2 Å². The van der Waals surface area contributed by atoms with Crippen molar-refractivity contribution in [2.24, 2.45) is 17.8 Å². The van der Waals surface area contributed by atoms with Crippen LogP contribution in [0.3, 0.4) is 0 Å². The molecule has 3 fully saturated rings. The second-order valence-corrected chi connectivity index (χ2v) is 18.1. The van der Waals surface area contributed by atoms with Crippen LogP contribution in [-0.4, -0.2) is 55.0 Å². The highest BCUT2D eigenvalue weighted by Crippen LogP contribution is 2.60. The zero-order chi connectivity index (χ0) is 40.0. The molecule has 294 valence electrons. The maximum Gasteiger partial charge on any atom is 0.336 e. The lowest BCUT2D eigenvalue weighted by Gasteiger charge is -2.50. The van der Waals surface area contributed by atoms with Crippen molar-refractivity contribution in [1.29, 1.82) is 0 Å². The van der Waals surface area contributed by atoms with Crippen LogP contribution in [0.5, 0.6) is 0 Å². The predicted molar refractivity (Wildman–Crippen MR) is 222 cm³/mol. The minimum atomic E-state index is -0.830. The number of rotatable bonds is 10. The van der Waals surface area contributed by atoms with Crippen molar-refractivity contribution in [3.63, 3.8) is 0 Å². The van der Waals surface area contributed by atoms with Crippen LogP contribution in [0.4, 0.5) is 0 Å². The molecular formula is C44H40Cl2N2O7S2. The van der Waals surface area contributed by atoms with E-state index >= 15 is 0 Å². The van der Waals surface area contributed by atoms with Crippen LogP contribution in [0.25, 0.3) is 20.2 Å². The average Bonchev–Trinajstić information content (AvgIpc) is 4.09. The lowest BCUT2D eigenvalue weighted by molar-refractivity contribution is -0.139. The molecule has 0 N–H and O–H groups in total. The van der Waals surface area contributed by atoms with Gasteiger partial charge in [0.05, 0.1) is 61.1 Å². The Labute approximate surface area is 348 Å². The van der Waals surface area contributed by atoms with Gasteiger partial charge < -0.3 is 14.2 Å². The molecule has 13 heteroatoms. The number of halogens is 2. The molecule has 5 aliphatic rings. The van der Waals surface area contributed by atoms with E-state index in [1.54, 1.807) is 0 Å². The van der Waals surface area contributed by atoms with Gasteiger partial charge in [-0.2, -0.15) is 0 Å². The number of ketones is 1. The SMILES string of the molecule is COC(=O)C1=C(C2CC2)N(N2C(C3CC3)=C(C(=O)OC)C(c3csc4ccc(Cl)cc34)C(C(=O)OC)=C2C2CC2)C(C)=C(C(C)=O)C1c1csc2ccc(Cl)cc12. The molecule has 3 aliphatic carbocycles. The van der Waals surface area contributed by atoms with Gasteiger partial charge >= 0.3 is 17.9 Å². The summed E-state index contributed by atoms with van der Waals surface area (Å²) in [5, 5.41) is 10.8. The number of nitrogens with zero attached hydrogens (tertiary/aromatic N) is 2. The fraction of sp³-hybridized carbons (Fsp3) is 0.364. The van der Waals surface area contributed by atoms with E-state index in [-0.39, 0.29) is 23.5 Å². The van der Waals surface area contributed by atoms with Gasteiger partial charge in [0.1, 0.15) is 0 Å². The highest BCUT2D eigenvalue weighted by Gasteiger charge is 2.55. The normalized spacial score (nSPS) is 20.6. The summed E-state index contributed by atoms with van der Waals surface area (Å²) >= 11 is 16.2. The first-order chi connectivity index (χ1) is 27.5. The summed E-state index contributed by atoms with van der Waals surface area (Å²) in [4.78, 5) is 57.9. The summed E-state index contributed by atoms with van der Waals surface area (Å²) in [6.07, 6.45) is 4.80. The van der Waals surface area contributed by atoms with Gasteiger partial charge in [0, 0.05) is 54.4 Å². The molecule has 3 saturated carbocycles. The third kappa shape index (κ3) is 6.24. The summed E-state index contributed by atoms with van der Waals surface area (Å²) in [5.74, 6) is -3.70. The molecule has 9 nitrogen and oxygen atoms in total. The fourth-order valence-corrected chi connectivity index (χ4v) is 11.3. The highest BCUT2D eigenvalue weighted by atomic mass is 35.5. The minimum absolute atomic E-state index is 0.0664. The molecule has 0 bridgehead atoms. The van der Waals surface area contributed by atoms with Crippen LogP contribution in [0.2, 0.25) is 10.0 Å². The molecule has 9 rings (SSSR count). The average molecular weight is 844 g/mol. The van der Waals surface area contributed by atoms with Crippen molar-refractivity contribution in [2.75, 3.05) is 21.3 Å². The molecule has 4 heterocycles. The number of Topliss-reactive ketones (excluding diaryl/α,β-unsaturated/α-hetero) is 1. The van der Waals surface area contributed by atoms with Gasteiger partial charge in [-0.15, -0.1) is 22.7 Å². The first kappa shape index (κ1) is 38.1. The maximum atomic E-state index is 14.6. The monoisotopic (exact) mass is 842 g/mol. The number of methoxy groups -OCH3 is 3. The van der Waals surface area contributed by atoms with Crippen molar-refractivity contribution in [3.05, 3.63) is 113 Å². The topological polar surface area (TPSA) is 102 Å². The first-order valence-corrected chi connectivity index (χ1v) is 21.6. The number of ether oxygens (including phenoxy) is 3. The maximum absolute atomic E-state index is 14.6. The Morgan fingerprint density at radius 3 is 1.32 bits per heavy atom. The number of carbonyl (C=O) groups excluding carboxylic acids is 4. The largest absolute Gasteiger partial charge is 0.466 e. The number of benzene rings is 2. The third-order valence-corrected chi connectivity index (χ3v) is 14.2. The van der Waals surface area contributed by atoms with E-state index in [2.05, 4.69) is 0 Å². The Kier molecular flexibility index (Phi) is 9.66. The van der Waals surface area contributed by atoms with E-state index in [4.69, 9.17) is 37.4 Å². The van der Waals surface area contributed by atoms with E-state index in [1.807, 2.05) is 64.1 Å². The number of carbonyl (C=O) groups is 4. The third-order valence-electron chi connectivity index (χ3n) is 11.8. The number of fused-ring (bicyclic) bond motifs is 2. The van der Waals surface area contributed by atoms with Gasteiger partial charge in [0.2, 0.25) is 0 Å². The zero-order valence-electron chi connectivity index (χ0n) is 32.1. The molecule has 1 atom stereocenters. The van der Waals surface area contributed by atoms with Gasteiger partial charge in [-0.3, -0.25) is 14.8 Å². The Balaban J connectivity index is 1.39. The number of thiophene rings is 2. The highest BCUT2D eigenvalue weighted by molar-refractivity contribution is 7.17. The number of hydrogen-bond donors (Lipinski definition) is 0. The lowest BCUT2D eigenvalue weighted by Crippen LogP contribution is -2.50. The van der Waals surface area contributed by atoms with Crippen LogP contribution in [-0.2, 0) is 33.4 Å². The molecule has 0 spiro atoms. The van der Waals surface area contributed by atoms with Gasteiger partial charge in [-0.05, 0) is 121 Å². The smallest absolute Gasteiger partial charge is 0.336 e. The Hall–Kier alpha value is -4.42. The van der Waals surface area contributed by atoms with Gasteiger partial charge in [0.15, 0.2) is 5.78 Å². The molecule has 2 aliphatic heterocycles. The van der Waals surface area contributed by atoms with Crippen molar-refractivity contribution in [2.45, 2.75) is 64.2 Å². The second-order valence-electron chi connectivity index (χ2n) is 15.4. The van der Waals surface area contributed by atoms with Gasteiger partial charge in [-0.1, -0.05) is 23.2 Å². The molecule has 2 aromatic heterocycles. The fourth-order valence-electron chi connectivity index (χ4n) is 9.00. The zero-order valence-corrected chi connectivity index (χ0v) is 35.2. The number of esters is 3. The van der Waals surface area contributed by atoms with E-state index in [0.717, 1.165) is 69.8 Å². The quantitative estimate of drug-likeness (QED) is 0.114. The van der Waals surface area contributed by atoms with Gasteiger partial charge in [-0.25, -0.2) is 14.4 Å². The van der Waals surface area contributed by atoms with E-state index in [0.29, 0.717) is 55.1 Å². The lowest BCUT2D eigenvalue weighted by atomic mass is 9.76. The summed E-state index contributed by atoms with van der Waals surface area (Å²) < 4.78 is 18.8. The number of hydrazine groups is 1. The predicted octanol–water partition coefficient (Wildman–Crippen LogP) is 10.2. The summed E-state index contributed by atoms with van der Waals surface area (Å²) in [6, 6.07) is 11.3. The first-order valence-electron chi connectivity index (χ1n) is 19.1. The second kappa shape index (κ2) is 14.4. The van der Waals surface area contributed by atoms with Crippen LogP contribution >= 0.6 is 45.9 Å². The molecule has 4 aromatic rings. The van der Waals surface area contributed by atoms with Crippen molar-refractivity contribution in [3.8, 4) is 0 Å². The summed E-state index contributed by atoms with van der Waals surface area (Å²) in [6.45, 7) is 3.43. The molecular weight excluding hydrogens is 804 g/mol. The molecule has 0 amide bonds. The summed E-state index contributed by atoms with van der Waals surface area (Å²) in [5.41, 5.74) is 5.73. The number of allylic oxidation sites excluding steroid dienone is 5. The standard InChI is InChI=1S/C44H40Cl2N2O7S2/c1-20-33(21(2)49)34(29-18-56-31-14-12-25(45)16-27(29)31)36(42(50)53-3)39(22-6-7-22)47(20)48-40(23-8-9-23)37(43(51)54-4)35(38(44(52)55-5)41(48)24-10-11-24)30-19-57-32-15-13-26(46)17-28(30)32/h12-19,22-24,34-35H,6-11H2,1-5H3. The van der Waals surface area contributed by atoms with Crippen molar-refractivity contribution in [1.82, 2.24) is 10.0 Å². The Morgan fingerprint density at radius 1 is 0.596 bits per heavy atom. The van der Waals surface area contributed by atoms with E-state index < -0.39 is 29.7 Å². The molecule has 0 radical (unpaired) electrons. The van der Waals surface area contributed by atoms with Crippen LogP contribution < -0.4 is 0 Å². The Morgan fingerprint density at radius 2 is 0.965 bits per heavy atom.